The predicted molar refractivity (Wildman–Crippen MR) is 49.7 cm³/mol. The molecular formula is C7H9N3O5. The van der Waals surface area contributed by atoms with Crippen molar-refractivity contribution < 1.29 is 10.0 Å². The van der Waals surface area contributed by atoms with Gasteiger partial charge in [0.2, 0.25) is 0 Å². The molecule has 8 nitrogen and oxygen atoms in total. The Morgan fingerprint density at radius 1 is 1.67 bits per heavy atom. The molecule has 1 heterocycles. The molecule has 1 unspecified atom stereocenters. The van der Waals surface area contributed by atoms with E-state index in [1.54, 1.807) is 4.98 Å². The predicted octanol–water partition coefficient (Wildman–Crippen LogP) is -1.17. The molecule has 0 aliphatic carbocycles. The average Bonchev–Trinajstić information content (AvgIpc) is 2.08. The van der Waals surface area contributed by atoms with Gasteiger partial charge in [0.05, 0.1) is 23.8 Å². The Morgan fingerprint density at radius 3 is 2.73 bits per heavy atom. The number of nitrogens with zero attached hydrogens (tertiary/aromatic N) is 2. The van der Waals surface area contributed by atoms with E-state index >= 15 is 0 Å². The van der Waals surface area contributed by atoms with E-state index in [4.69, 9.17) is 5.11 Å². The van der Waals surface area contributed by atoms with E-state index in [0.29, 0.717) is 0 Å². The minimum atomic E-state index is -1.05. The molecule has 0 aliphatic rings. The third-order valence-corrected chi connectivity index (χ3v) is 1.65. The summed E-state index contributed by atoms with van der Waals surface area (Å²) < 4.78 is 0.879. The average molecular weight is 215 g/mol. The summed E-state index contributed by atoms with van der Waals surface area (Å²) in [6, 6.07) is 0. The number of nitrogens with one attached hydrogen (secondary N) is 1. The van der Waals surface area contributed by atoms with E-state index in [9.17, 15) is 19.7 Å². The molecule has 0 aliphatic heterocycles. The van der Waals surface area contributed by atoms with Gasteiger partial charge in [0.1, 0.15) is 0 Å². The Kier molecular flexibility index (Phi) is 3.00. The van der Waals surface area contributed by atoms with Crippen molar-refractivity contribution in [3.05, 3.63) is 37.1 Å². The molecule has 15 heavy (non-hydrogen) atoms. The summed E-state index contributed by atoms with van der Waals surface area (Å²) in [5.41, 5.74) is -2.56. The number of rotatable bonds is 3. The van der Waals surface area contributed by atoms with Crippen LogP contribution in [-0.2, 0) is 6.54 Å². The van der Waals surface area contributed by atoms with E-state index in [-0.39, 0.29) is 6.54 Å². The molecule has 0 saturated carbocycles. The van der Waals surface area contributed by atoms with Crippen molar-refractivity contribution in [1.29, 1.82) is 0 Å². The van der Waals surface area contributed by atoms with Gasteiger partial charge in [-0.05, 0) is 6.92 Å². The van der Waals surface area contributed by atoms with Gasteiger partial charge in [-0.2, -0.15) is 0 Å². The van der Waals surface area contributed by atoms with Crippen LogP contribution in [0, 0.1) is 10.1 Å². The molecule has 1 rings (SSSR count). The van der Waals surface area contributed by atoms with Gasteiger partial charge in [0.15, 0.2) is 0 Å². The number of nitro groups is 1. The molecule has 0 fully saturated rings. The third-order valence-electron chi connectivity index (χ3n) is 1.65. The van der Waals surface area contributed by atoms with Crippen molar-refractivity contribution in [3.63, 3.8) is 0 Å². The zero-order valence-electron chi connectivity index (χ0n) is 7.84. The molecule has 0 radical (unpaired) electrons. The molecule has 1 aromatic rings. The number of hydrogen-bond acceptors (Lipinski definition) is 5. The van der Waals surface area contributed by atoms with Crippen molar-refractivity contribution in [1.82, 2.24) is 9.55 Å². The Balaban J connectivity index is 3.30. The highest BCUT2D eigenvalue weighted by molar-refractivity contribution is 5.20. The topological polar surface area (TPSA) is 118 Å². The lowest BCUT2D eigenvalue weighted by Gasteiger charge is -2.05. The van der Waals surface area contributed by atoms with Gasteiger partial charge in [0.25, 0.3) is 0 Å². The number of aromatic nitrogens is 2. The molecular weight excluding hydrogens is 206 g/mol. The van der Waals surface area contributed by atoms with Crippen molar-refractivity contribution in [2.24, 2.45) is 0 Å². The minimum Gasteiger partial charge on any atom is -0.392 e. The van der Waals surface area contributed by atoms with Crippen LogP contribution in [0.25, 0.3) is 0 Å². The fourth-order valence-corrected chi connectivity index (χ4v) is 1.05. The van der Waals surface area contributed by atoms with Crippen LogP contribution in [0.1, 0.15) is 6.92 Å². The summed E-state index contributed by atoms with van der Waals surface area (Å²) in [6.45, 7) is 1.31. The first-order chi connectivity index (χ1) is 6.91. The Labute approximate surface area is 82.9 Å². The Bertz CT molecular complexity index is 486. The minimum absolute atomic E-state index is 0.115. The summed E-state index contributed by atoms with van der Waals surface area (Å²) in [5.74, 6) is 0. The fraction of sp³-hybridized carbons (Fsp3) is 0.429. The number of H-pyrrole nitrogens is 1. The number of aliphatic hydroxyl groups excluding tert-OH is 1. The Morgan fingerprint density at radius 2 is 2.27 bits per heavy atom. The fourth-order valence-electron chi connectivity index (χ4n) is 1.05. The van der Waals surface area contributed by atoms with Gasteiger partial charge < -0.3 is 5.11 Å². The van der Waals surface area contributed by atoms with Crippen LogP contribution in [0.15, 0.2) is 15.8 Å². The second-order valence-corrected chi connectivity index (χ2v) is 3.03. The van der Waals surface area contributed by atoms with Gasteiger partial charge >= 0.3 is 16.9 Å². The smallest absolute Gasteiger partial charge is 0.350 e. The van der Waals surface area contributed by atoms with Crippen molar-refractivity contribution in [3.8, 4) is 0 Å². The molecule has 1 atom stereocenters. The highest BCUT2D eigenvalue weighted by Crippen LogP contribution is 1.99. The van der Waals surface area contributed by atoms with E-state index < -0.39 is 28.0 Å². The van der Waals surface area contributed by atoms with Crippen LogP contribution in [0.5, 0.6) is 0 Å². The standard InChI is InChI=1S/C7H9N3O5/c1-4(11)2-9-3-5(10(14)15)6(12)8-7(9)13/h3-4,11H,2H2,1H3,(H,8,12,13). The molecule has 0 spiro atoms. The van der Waals surface area contributed by atoms with Gasteiger partial charge in [-0.25, -0.2) is 4.79 Å². The number of aromatic amines is 1. The number of aliphatic hydroxyl groups is 1. The quantitative estimate of drug-likeness (QED) is 0.486. The zero-order chi connectivity index (χ0) is 11.6. The maximum absolute atomic E-state index is 11.1. The van der Waals surface area contributed by atoms with Gasteiger partial charge in [-0.1, -0.05) is 0 Å². The molecule has 0 amide bonds. The third kappa shape index (κ3) is 2.50. The van der Waals surface area contributed by atoms with Crippen LogP contribution >= 0.6 is 0 Å². The lowest BCUT2D eigenvalue weighted by Crippen LogP contribution is -2.33. The summed E-state index contributed by atoms with van der Waals surface area (Å²) in [4.78, 5) is 33.4. The first-order valence-corrected chi connectivity index (χ1v) is 4.08. The normalized spacial score (nSPS) is 12.4. The first kappa shape index (κ1) is 11.1. The monoisotopic (exact) mass is 215 g/mol. The van der Waals surface area contributed by atoms with Crippen LogP contribution in [0.2, 0.25) is 0 Å². The highest BCUT2D eigenvalue weighted by atomic mass is 16.6. The largest absolute Gasteiger partial charge is 0.392 e. The highest BCUT2D eigenvalue weighted by Gasteiger charge is 2.15. The van der Waals surface area contributed by atoms with Crippen LogP contribution in [0.3, 0.4) is 0 Å². The lowest BCUT2D eigenvalue weighted by atomic mass is 10.4. The maximum atomic E-state index is 11.1. The second-order valence-electron chi connectivity index (χ2n) is 3.03. The maximum Gasteiger partial charge on any atom is 0.350 e. The van der Waals surface area contributed by atoms with Crippen molar-refractivity contribution >= 4 is 5.69 Å². The summed E-state index contributed by atoms with van der Waals surface area (Å²) in [6.07, 6.45) is -0.0262. The molecule has 2 N–H and O–H groups in total. The van der Waals surface area contributed by atoms with E-state index in [1.807, 2.05) is 0 Å². The molecule has 0 saturated heterocycles. The van der Waals surface area contributed by atoms with Crippen LogP contribution < -0.4 is 11.2 Å². The molecule has 8 heteroatoms. The Hall–Kier alpha value is -1.96. The zero-order valence-corrected chi connectivity index (χ0v) is 7.84. The van der Waals surface area contributed by atoms with E-state index in [2.05, 4.69) is 0 Å². The molecule has 0 aromatic carbocycles. The lowest BCUT2D eigenvalue weighted by molar-refractivity contribution is -0.386. The van der Waals surface area contributed by atoms with Crippen LogP contribution in [0.4, 0.5) is 5.69 Å². The van der Waals surface area contributed by atoms with Crippen LogP contribution in [-0.4, -0.2) is 25.7 Å². The second kappa shape index (κ2) is 4.05. The van der Waals surface area contributed by atoms with Gasteiger partial charge in [-0.3, -0.25) is 24.5 Å². The summed E-state index contributed by atoms with van der Waals surface area (Å²) in [5, 5.41) is 19.4. The summed E-state index contributed by atoms with van der Waals surface area (Å²) in [7, 11) is 0. The molecule has 0 bridgehead atoms. The summed E-state index contributed by atoms with van der Waals surface area (Å²) >= 11 is 0. The SMILES string of the molecule is CC(O)Cn1cc([N+](=O)[O-])c(=O)[nH]c1=O. The van der Waals surface area contributed by atoms with Crippen molar-refractivity contribution in [2.45, 2.75) is 19.6 Å². The molecule has 1 aromatic heterocycles. The van der Waals surface area contributed by atoms with E-state index in [0.717, 1.165) is 10.8 Å². The molecule has 82 valence electrons. The van der Waals surface area contributed by atoms with Gasteiger partial charge in [-0.15, -0.1) is 0 Å². The number of hydrogen-bond donors (Lipinski definition) is 2. The van der Waals surface area contributed by atoms with Crippen molar-refractivity contribution in [2.75, 3.05) is 0 Å². The van der Waals surface area contributed by atoms with Gasteiger partial charge in [0, 0.05) is 0 Å². The first-order valence-electron chi connectivity index (χ1n) is 4.08. The van der Waals surface area contributed by atoms with E-state index in [1.165, 1.54) is 6.92 Å².